The molecule has 0 aliphatic heterocycles. The van der Waals surface area contributed by atoms with Crippen molar-refractivity contribution in [1.29, 1.82) is 0 Å². The molecule has 0 fully saturated rings. The minimum absolute atomic E-state index is 0. The summed E-state index contributed by atoms with van der Waals surface area (Å²) in [6.45, 7) is 0. The van der Waals surface area contributed by atoms with Gasteiger partial charge in [0.15, 0.2) is 0 Å². The summed E-state index contributed by atoms with van der Waals surface area (Å²) in [5.74, 6) is 0. The number of hydrogen-bond donors (Lipinski definition) is 0. The van der Waals surface area contributed by atoms with Gasteiger partial charge in [-0.1, -0.05) is 0 Å². The Hall–Kier alpha value is 1.69. The molecule has 0 unspecified atom stereocenters. The second-order valence-electron chi connectivity index (χ2n) is 0.425. The van der Waals surface area contributed by atoms with E-state index in [1.807, 2.05) is 0 Å². The minimum Gasteiger partial charge on any atom is 2.00 e. The Bertz CT molecular complexity index is 24.8. The van der Waals surface area contributed by atoms with E-state index in [0.29, 0.717) is 23.4 Å². The van der Waals surface area contributed by atoms with E-state index in [-0.39, 0.29) is 27.3 Å². The minimum atomic E-state index is -2.06. The molecule has 0 aromatic heterocycles. The third-order valence-corrected chi connectivity index (χ3v) is 0.745. The molecule has 0 saturated heterocycles. The molecule has 0 heterocycles. The van der Waals surface area contributed by atoms with Crippen LogP contribution in [0.2, 0.25) is 0 Å². The number of hydrogen-bond acceptors (Lipinski definition) is 3. The first-order valence-corrected chi connectivity index (χ1v) is 2.29. The molecule has 0 aromatic rings. The molecule has 0 saturated carbocycles. The van der Waals surface area contributed by atoms with Gasteiger partial charge in [-0.15, -0.1) is 0 Å². The predicted molar refractivity (Wildman–Crippen MR) is 21.1 cm³/mol. The van der Waals surface area contributed by atoms with E-state index < -0.39 is 7.32 Å². The molecule has 0 amide bonds. The van der Waals surface area contributed by atoms with E-state index in [1.54, 1.807) is 0 Å². The van der Waals surface area contributed by atoms with Gasteiger partial charge in [-0.3, -0.25) is 0 Å². The fraction of sp³-hybridized carbons (Fsp3) is 0. The van der Waals surface area contributed by atoms with Crippen LogP contribution in [0.1, 0.15) is 0 Å². The second-order valence-corrected chi connectivity index (χ2v) is 1.20. The van der Waals surface area contributed by atoms with Gasteiger partial charge in [-0.2, -0.15) is 0 Å². The fourth-order valence-corrected chi connectivity index (χ4v) is 0. The Morgan fingerprint density at radius 3 is 1.67 bits per heavy atom. The normalized spacial score (nSPS) is 6.50. The Balaban J connectivity index is 0. The molecule has 0 rings (SSSR count). The van der Waals surface area contributed by atoms with Crippen molar-refractivity contribution in [1.82, 2.24) is 0 Å². The van der Waals surface area contributed by atoms with Crippen LogP contribution in [0.4, 0.5) is 0 Å². The van der Waals surface area contributed by atoms with Gasteiger partial charge < -0.3 is 0 Å². The Morgan fingerprint density at radius 1 is 1.50 bits per heavy atom. The summed E-state index contributed by atoms with van der Waals surface area (Å²) in [5.41, 5.74) is 0. The zero-order valence-electron chi connectivity index (χ0n) is 2.88. The number of rotatable bonds is 1. The van der Waals surface area contributed by atoms with Crippen LogP contribution < -0.4 is 10.0 Å². The topological polar surface area (TPSA) is 55.3 Å². The summed E-state index contributed by atoms with van der Waals surface area (Å²) in [6.07, 6.45) is 0. The van der Waals surface area contributed by atoms with Gasteiger partial charge in [0, 0.05) is 0 Å². The SMILES string of the molecule is [O-]B([O-])[O][SbH2].[Pb+2]. The van der Waals surface area contributed by atoms with Crippen LogP contribution >= 0.6 is 0 Å². The van der Waals surface area contributed by atoms with Gasteiger partial charge in [0.25, 0.3) is 0 Å². The standard InChI is InChI=1S/BO3.Pb.Sb.2H/c2-1(3)4;;;;/q-3;+2;+1;;. The van der Waals surface area contributed by atoms with Crippen molar-refractivity contribution in [2.24, 2.45) is 0 Å². The van der Waals surface area contributed by atoms with Crippen molar-refractivity contribution in [2.45, 2.75) is 0 Å². The molecule has 0 spiro atoms. The molecule has 6 heavy (non-hydrogen) atoms. The second kappa shape index (κ2) is 6.69. The van der Waals surface area contributed by atoms with Gasteiger partial charge in [-0.05, 0) is 0 Å². The molecule has 32 valence electrons. The van der Waals surface area contributed by atoms with Crippen molar-refractivity contribution in [3.63, 3.8) is 0 Å². The molecule has 0 aliphatic rings. The summed E-state index contributed by atoms with van der Waals surface area (Å²) in [6, 6.07) is 0. The average molecular weight is 390 g/mol. The maximum Gasteiger partial charge on any atom is 2.00 e. The van der Waals surface area contributed by atoms with Crippen LogP contribution in [-0.2, 0) is 2.93 Å². The van der Waals surface area contributed by atoms with Crippen LogP contribution in [0.3, 0.4) is 0 Å². The van der Waals surface area contributed by atoms with Crippen LogP contribution in [0.15, 0.2) is 0 Å². The van der Waals surface area contributed by atoms with Gasteiger partial charge in [-0.25, -0.2) is 0 Å². The van der Waals surface area contributed by atoms with E-state index in [2.05, 4.69) is 2.93 Å². The van der Waals surface area contributed by atoms with E-state index in [1.165, 1.54) is 0 Å². The third kappa shape index (κ3) is 9.19. The first kappa shape index (κ1) is 10.6. The summed E-state index contributed by atoms with van der Waals surface area (Å²) in [7, 11) is -2.06. The molecular formula is H2BO3PbSb. The van der Waals surface area contributed by atoms with Gasteiger partial charge >= 0.3 is 71.0 Å². The van der Waals surface area contributed by atoms with E-state index in [4.69, 9.17) is 10.0 Å². The van der Waals surface area contributed by atoms with Crippen molar-refractivity contribution in [3.8, 4) is 0 Å². The zero-order valence-corrected chi connectivity index (χ0v) is 10.1. The van der Waals surface area contributed by atoms with Gasteiger partial charge in [0.2, 0.25) is 0 Å². The molecular weight excluding hydrogens is 388 g/mol. The van der Waals surface area contributed by atoms with Crippen LogP contribution in [0.25, 0.3) is 0 Å². The maximum absolute atomic E-state index is 9.15. The van der Waals surface area contributed by atoms with Crippen molar-refractivity contribution < 1.29 is 13.0 Å². The van der Waals surface area contributed by atoms with E-state index in [0.717, 1.165) is 0 Å². The van der Waals surface area contributed by atoms with Gasteiger partial charge in [0.05, 0.1) is 0 Å². The quantitative estimate of drug-likeness (QED) is 0.428. The fourth-order valence-electron chi connectivity index (χ4n) is 0. The van der Waals surface area contributed by atoms with E-state index in [9.17, 15) is 0 Å². The third-order valence-electron chi connectivity index (χ3n) is 0.111. The molecule has 2 radical (unpaired) electrons. The molecule has 0 atom stereocenters. The molecule has 6 heteroatoms. The van der Waals surface area contributed by atoms with Crippen LogP contribution in [0.5, 0.6) is 0 Å². The van der Waals surface area contributed by atoms with Gasteiger partial charge in [0.1, 0.15) is 0 Å². The molecule has 0 N–H and O–H groups in total. The molecule has 0 aliphatic carbocycles. The first-order valence-electron chi connectivity index (χ1n) is 0.943. The smallest absolute Gasteiger partial charge is 2.00 e. The Morgan fingerprint density at radius 2 is 1.67 bits per heavy atom. The average Bonchev–Trinajstić information content (AvgIpc) is 1.38. The summed E-state index contributed by atoms with van der Waals surface area (Å²) >= 11 is 0.301. The van der Waals surface area contributed by atoms with Crippen LogP contribution in [-0.4, -0.2) is 58.1 Å². The maximum atomic E-state index is 9.15. The molecule has 0 aromatic carbocycles. The van der Waals surface area contributed by atoms with Crippen LogP contribution in [0, 0.1) is 0 Å². The monoisotopic (exact) mass is 390 g/mol. The first-order chi connectivity index (χ1) is 2.27. The predicted octanol–water partition coefficient (Wildman–Crippen LogP) is -4.12. The van der Waals surface area contributed by atoms with Crippen molar-refractivity contribution >= 4 is 58.1 Å². The Kier molecular flexibility index (Phi) is 11.8. The van der Waals surface area contributed by atoms with E-state index >= 15 is 0 Å². The van der Waals surface area contributed by atoms with Crippen molar-refractivity contribution in [2.75, 3.05) is 0 Å². The molecule has 3 nitrogen and oxygen atoms in total. The summed E-state index contributed by atoms with van der Waals surface area (Å²) in [5, 5.41) is 18.3. The zero-order chi connectivity index (χ0) is 4.28. The Labute approximate surface area is 70.5 Å². The summed E-state index contributed by atoms with van der Waals surface area (Å²) < 4.78 is 3.77. The summed E-state index contributed by atoms with van der Waals surface area (Å²) in [4.78, 5) is 0. The largest absolute Gasteiger partial charge is 2.00 e. The molecule has 0 bridgehead atoms. The van der Waals surface area contributed by atoms with Crippen molar-refractivity contribution in [3.05, 3.63) is 0 Å².